The number of aromatic nitrogens is 1. The van der Waals surface area contributed by atoms with Crippen LogP contribution in [0, 0.1) is 5.82 Å². The summed E-state index contributed by atoms with van der Waals surface area (Å²) in [7, 11) is 0. The Morgan fingerprint density at radius 2 is 1.81 bits per heavy atom. The number of fused-ring (bicyclic) bond motifs is 2. The van der Waals surface area contributed by atoms with Crippen LogP contribution >= 0.6 is 23.2 Å². The molecular formula is C23H14Cl2FNO4. The summed E-state index contributed by atoms with van der Waals surface area (Å²) in [5.74, 6) is -0.506. The van der Waals surface area contributed by atoms with Gasteiger partial charge in [0.15, 0.2) is 11.5 Å². The van der Waals surface area contributed by atoms with E-state index < -0.39 is 11.8 Å². The molecule has 0 unspecified atom stereocenters. The molecule has 1 aliphatic rings. The highest BCUT2D eigenvalue weighted by molar-refractivity contribution is 6.32. The third-order valence-electron chi connectivity index (χ3n) is 5.26. The van der Waals surface area contributed by atoms with Crippen LogP contribution in [0.1, 0.15) is 21.6 Å². The number of H-pyrrole nitrogens is 1. The van der Waals surface area contributed by atoms with E-state index in [4.69, 9.17) is 32.7 Å². The molecule has 156 valence electrons. The molecule has 5 rings (SSSR count). The number of aromatic carboxylic acids is 1. The van der Waals surface area contributed by atoms with E-state index in [0.29, 0.717) is 45.0 Å². The van der Waals surface area contributed by atoms with Gasteiger partial charge in [0.25, 0.3) is 0 Å². The number of hydrogen-bond acceptors (Lipinski definition) is 3. The summed E-state index contributed by atoms with van der Waals surface area (Å²) in [6, 6.07) is 13.2. The van der Waals surface area contributed by atoms with Crippen LogP contribution in [0.4, 0.5) is 4.39 Å². The number of benzene rings is 3. The average Bonchev–Trinajstić information content (AvgIpc) is 3.35. The Bertz CT molecular complexity index is 1370. The first-order valence-electron chi connectivity index (χ1n) is 9.32. The molecule has 31 heavy (non-hydrogen) atoms. The monoisotopic (exact) mass is 457 g/mol. The van der Waals surface area contributed by atoms with Crippen LogP contribution < -0.4 is 9.47 Å². The van der Waals surface area contributed by atoms with Crippen LogP contribution in [0.25, 0.3) is 22.0 Å². The maximum atomic E-state index is 13.7. The molecule has 8 heteroatoms. The molecule has 0 fully saturated rings. The number of aromatic amines is 1. The Labute approximate surface area is 185 Å². The number of halogens is 3. The van der Waals surface area contributed by atoms with E-state index in [1.54, 1.807) is 12.1 Å². The van der Waals surface area contributed by atoms with Gasteiger partial charge < -0.3 is 19.6 Å². The molecule has 0 atom stereocenters. The highest BCUT2D eigenvalue weighted by Crippen LogP contribution is 2.40. The summed E-state index contributed by atoms with van der Waals surface area (Å²) in [6.45, 7) is 0.139. The topological polar surface area (TPSA) is 71.5 Å². The summed E-state index contributed by atoms with van der Waals surface area (Å²) in [5, 5.41) is 10.9. The highest BCUT2D eigenvalue weighted by Gasteiger charge is 2.23. The van der Waals surface area contributed by atoms with Gasteiger partial charge in [0.2, 0.25) is 6.79 Å². The van der Waals surface area contributed by atoms with Crippen molar-refractivity contribution in [2.75, 3.05) is 6.79 Å². The van der Waals surface area contributed by atoms with Crippen molar-refractivity contribution in [3.63, 3.8) is 0 Å². The van der Waals surface area contributed by atoms with Gasteiger partial charge in [-0.2, -0.15) is 0 Å². The quantitative estimate of drug-likeness (QED) is 0.377. The number of carboxylic acid groups (broad SMARTS) is 1. The Morgan fingerprint density at radius 3 is 2.55 bits per heavy atom. The maximum Gasteiger partial charge on any atom is 0.352 e. The van der Waals surface area contributed by atoms with E-state index in [1.807, 2.05) is 18.2 Å². The summed E-state index contributed by atoms with van der Waals surface area (Å²) in [5.41, 5.74) is 3.23. The number of carbonyl (C=O) groups is 1. The first kappa shape index (κ1) is 19.7. The van der Waals surface area contributed by atoms with E-state index in [-0.39, 0.29) is 17.5 Å². The van der Waals surface area contributed by atoms with Gasteiger partial charge >= 0.3 is 5.97 Å². The number of ether oxygens (including phenoxy) is 2. The van der Waals surface area contributed by atoms with Gasteiger partial charge in [-0.15, -0.1) is 0 Å². The van der Waals surface area contributed by atoms with E-state index in [0.717, 1.165) is 11.1 Å². The van der Waals surface area contributed by atoms with E-state index in [9.17, 15) is 14.3 Å². The van der Waals surface area contributed by atoms with Crippen LogP contribution in [0.3, 0.4) is 0 Å². The normalized spacial score (nSPS) is 12.5. The van der Waals surface area contributed by atoms with Gasteiger partial charge in [-0.25, -0.2) is 9.18 Å². The molecule has 0 aliphatic carbocycles. The van der Waals surface area contributed by atoms with Crippen molar-refractivity contribution in [1.29, 1.82) is 0 Å². The minimum Gasteiger partial charge on any atom is -0.477 e. The highest BCUT2D eigenvalue weighted by atomic mass is 35.5. The van der Waals surface area contributed by atoms with Crippen LogP contribution in [-0.2, 0) is 6.42 Å². The molecule has 4 aromatic rings. The van der Waals surface area contributed by atoms with Gasteiger partial charge in [-0.1, -0.05) is 41.4 Å². The second-order valence-electron chi connectivity index (χ2n) is 7.12. The van der Waals surface area contributed by atoms with Crippen molar-refractivity contribution in [1.82, 2.24) is 4.98 Å². The first-order valence-corrected chi connectivity index (χ1v) is 10.1. The van der Waals surface area contributed by atoms with Crippen molar-refractivity contribution >= 4 is 40.1 Å². The van der Waals surface area contributed by atoms with Gasteiger partial charge in [0, 0.05) is 27.6 Å². The van der Waals surface area contributed by atoms with Crippen molar-refractivity contribution in [3.8, 4) is 22.6 Å². The molecule has 5 nitrogen and oxygen atoms in total. The zero-order chi connectivity index (χ0) is 21.7. The number of carboxylic acids is 1. The predicted octanol–water partition coefficient (Wildman–Crippen LogP) is 6.30. The summed E-state index contributed by atoms with van der Waals surface area (Å²) >= 11 is 12.4. The van der Waals surface area contributed by atoms with E-state index in [2.05, 4.69) is 4.98 Å². The molecule has 0 radical (unpaired) electrons. The number of nitrogens with one attached hydrogen (secondary N) is 1. The standard InChI is InChI=1S/C23H14Cl2FNO4/c24-14-9-19-18(30-10-31-19)8-13(14)6-11-2-1-3-17-20(11)21(22(27-17)23(28)29)12-4-5-16(26)15(25)7-12/h1-5,7-9,27H,6,10H2,(H,28,29). The van der Waals surface area contributed by atoms with Gasteiger partial charge in [0.05, 0.1) is 5.02 Å². The largest absolute Gasteiger partial charge is 0.477 e. The number of hydrogen-bond donors (Lipinski definition) is 2. The summed E-state index contributed by atoms with van der Waals surface area (Å²) < 4.78 is 24.6. The minimum absolute atomic E-state index is 0.00177. The molecule has 1 aromatic heterocycles. The summed E-state index contributed by atoms with van der Waals surface area (Å²) in [4.78, 5) is 14.9. The summed E-state index contributed by atoms with van der Waals surface area (Å²) in [6.07, 6.45) is 0.422. The number of rotatable bonds is 4. The van der Waals surface area contributed by atoms with Crippen molar-refractivity contribution in [3.05, 3.63) is 81.2 Å². The molecule has 0 bridgehead atoms. The first-order chi connectivity index (χ1) is 14.9. The predicted molar refractivity (Wildman–Crippen MR) is 116 cm³/mol. The smallest absolute Gasteiger partial charge is 0.352 e. The second kappa shape index (κ2) is 7.48. The molecule has 0 spiro atoms. The fourth-order valence-electron chi connectivity index (χ4n) is 3.87. The van der Waals surface area contributed by atoms with Gasteiger partial charge in [-0.3, -0.25) is 0 Å². The molecule has 3 aromatic carbocycles. The van der Waals surface area contributed by atoms with E-state index in [1.165, 1.54) is 18.2 Å². The molecular weight excluding hydrogens is 444 g/mol. The third-order valence-corrected chi connectivity index (χ3v) is 5.90. The van der Waals surface area contributed by atoms with Crippen LogP contribution in [0.15, 0.2) is 48.5 Å². The lowest BCUT2D eigenvalue weighted by molar-refractivity contribution is 0.0692. The minimum atomic E-state index is -1.13. The fraction of sp³-hybridized carbons (Fsp3) is 0.0870. The Kier molecular flexibility index (Phi) is 4.76. The van der Waals surface area contributed by atoms with Crippen molar-refractivity contribution in [2.24, 2.45) is 0 Å². The molecule has 2 N–H and O–H groups in total. The lowest BCUT2D eigenvalue weighted by Crippen LogP contribution is -1.99. The van der Waals surface area contributed by atoms with Crippen molar-refractivity contribution in [2.45, 2.75) is 6.42 Å². The Morgan fingerprint density at radius 1 is 1.03 bits per heavy atom. The van der Waals surface area contributed by atoms with Crippen molar-refractivity contribution < 1.29 is 23.8 Å². The van der Waals surface area contributed by atoms with Gasteiger partial charge in [0.1, 0.15) is 11.5 Å². The zero-order valence-corrected chi connectivity index (χ0v) is 17.4. The van der Waals surface area contributed by atoms with Crippen LogP contribution in [0.2, 0.25) is 10.0 Å². The Balaban J connectivity index is 1.71. The van der Waals surface area contributed by atoms with Crippen LogP contribution in [0.5, 0.6) is 11.5 Å². The van der Waals surface area contributed by atoms with Gasteiger partial charge in [-0.05, 0) is 47.4 Å². The van der Waals surface area contributed by atoms with Crippen LogP contribution in [-0.4, -0.2) is 22.9 Å². The lowest BCUT2D eigenvalue weighted by Gasteiger charge is -2.10. The molecule has 0 saturated heterocycles. The zero-order valence-electron chi connectivity index (χ0n) is 15.8. The SMILES string of the molecule is O=C(O)c1[nH]c2cccc(Cc3cc4c(cc3Cl)OCO4)c2c1-c1ccc(F)c(Cl)c1. The third kappa shape index (κ3) is 3.38. The maximum absolute atomic E-state index is 13.7. The molecule has 0 amide bonds. The fourth-order valence-corrected chi connectivity index (χ4v) is 4.27. The molecule has 0 saturated carbocycles. The molecule has 1 aliphatic heterocycles. The van der Waals surface area contributed by atoms with E-state index >= 15 is 0 Å². The average molecular weight is 458 g/mol. The second-order valence-corrected chi connectivity index (χ2v) is 7.94. The lowest BCUT2D eigenvalue weighted by atomic mass is 9.94. The molecule has 2 heterocycles. The Hall–Kier alpha value is -3.22.